The highest BCUT2D eigenvalue weighted by Crippen LogP contribution is 2.26. The minimum absolute atomic E-state index is 0.0315. The molecule has 0 radical (unpaired) electrons. The van der Waals surface area contributed by atoms with Crippen molar-refractivity contribution in [1.82, 2.24) is 13.3 Å². The number of nitrogens with one attached hydrogen (secondary N) is 1. The van der Waals surface area contributed by atoms with Crippen LogP contribution in [0.25, 0.3) is 16.7 Å². The number of benzene rings is 1. The number of rotatable bonds is 10. The van der Waals surface area contributed by atoms with E-state index in [4.69, 9.17) is 25.3 Å². The summed E-state index contributed by atoms with van der Waals surface area (Å²) in [7, 11) is -7.99. The fourth-order valence-corrected chi connectivity index (χ4v) is 4.85. The van der Waals surface area contributed by atoms with E-state index in [1.165, 1.54) is 36.5 Å². The first-order chi connectivity index (χ1) is 19.9. The van der Waals surface area contributed by atoms with E-state index in [9.17, 15) is 36.3 Å². The van der Waals surface area contributed by atoms with Gasteiger partial charge in [0.1, 0.15) is 0 Å². The third-order valence-electron chi connectivity index (χ3n) is 5.37. The Morgan fingerprint density at radius 2 is 1.47 bits per heavy atom. The third kappa shape index (κ3) is 10.1. The van der Waals surface area contributed by atoms with Gasteiger partial charge in [0.25, 0.3) is 12.4 Å². The fourth-order valence-electron chi connectivity index (χ4n) is 3.47. The monoisotopic (exact) mass is 639 g/mol. The molecule has 1 amide bonds. The smallest absolute Gasteiger partial charge is 0.354 e. The average Bonchev–Trinajstić information content (AvgIpc) is 3.53. The van der Waals surface area contributed by atoms with Crippen molar-refractivity contribution in [3.63, 3.8) is 0 Å². The average molecular weight is 640 g/mol. The Morgan fingerprint density at radius 1 is 0.953 bits per heavy atom. The van der Waals surface area contributed by atoms with Gasteiger partial charge in [0.2, 0.25) is 0 Å². The first-order valence-corrected chi connectivity index (χ1v) is 14.6. The Balaban J connectivity index is 0.000000456. The Kier molecular flexibility index (Phi) is 12.8. The number of amides is 1. The summed E-state index contributed by atoms with van der Waals surface area (Å²) in [4.78, 5) is 42.1. The van der Waals surface area contributed by atoms with E-state index >= 15 is 0 Å². The zero-order valence-electron chi connectivity index (χ0n) is 22.6. The third-order valence-corrected chi connectivity index (χ3v) is 7.17. The zero-order valence-corrected chi connectivity index (χ0v) is 24.2. The predicted molar refractivity (Wildman–Crippen MR) is 156 cm³/mol. The summed E-state index contributed by atoms with van der Waals surface area (Å²) < 4.78 is 46.5. The Hall–Kier alpha value is -5.04. The number of aromatic nitrogens is 2. The maximum Gasteiger partial charge on any atom is 0.354 e. The van der Waals surface area contributed by atoms with Crippen molar-refractivity contribution >= 4 is 50.3 Å². The molecule has 0 atom stereocenters. The van der Waals surface area contributed by atoms with Crippen LogP contribution in [-0.2, 0) is 30.0 Å². The van der Waals surface area contributed by atoms with Crippen LogP contribution in [0.3, 0.4) is 0 Å². The van der Waals surface area contributed by atoms with E-state index < -0.39 is 44.0 Å². The predicted octanol–water partition coefficient (Wildman–Crippen LogP) is 0.858. The van der Waals surface area contributed by atoms with E-state index in [1.54, 1.807) is 19.1 Å². The number of allylic oxidation sites excluding steroid dienone is 2. The number of carbonyl (C=O) groups excluding carboxylic acids is 1. The van der Waals surface area contributed by atoms with E-state index in [0.29, 0.717) is 20.8 Å². The van der Waals surface area contributed by atoms with Gasteiger partial charge >= 0.3 is 32.4 Å². The molecule has 2 aromatic heterocycles. The van der Waals surface area contributed by atoms with E-state index in [-0.39, 0.29) is 30.6 Å². The van der Waals surface area contributed by atoms with Gasteiger partial charge in [0.05, 0.1) is 6.42 Å². The quantitative estimate of drug-likeness (QED) is 0.134. The molecule has 8 N–H and O–H groups in total. The molecule has 0 spiro atoms. The van der Waals surface area contributed by atoms with Crippen molar-refractivity contribution < 1.29 is 51.3 Å². The van der Waals surface area contributed by atoms with E-state index in [1.807, 2.05) is 0 Å². The van der Waals surface area contributed by atoms with Gasteiger partial charge in [-0.3, -0.25) is 14.4 Å². The minimum Gasteiger partial charge on any atom is -0.483 e. The second-order valence-electron chi connectivity index (χ2n) is 8.19. The van der Waals surface area contributed by atoms with Gasteiger partial charge in [0, 0.05) is 41.3 Å². The molecule has 0 fully saturated rings. The summed E-state index contributed by atoms with van der Waals surface area (Å²) in [5.41, 5.74) is 2.14. The number of aliphatic carboxylic acids is 1. The molecule has 43 heavy (non-hydrogen) atoms. The van der Waals surface area contributed by atoms with Crippen LogP contribution in [0, 0.1) is 6.92 Å². The van der Waals surface area contributed by atoms with Crippen LogP contribution < -0.4 is 15.6 Å². The Morgan fingerprint density at radius 3 is 1.88 bits per heavy atom. The lowest BCUT2D eigenvalue weighted by Crippen LogP contribution is -2.25. The number of nitrogens with two attached hydrogens (primary N) is 2. The van der Waals surface area contributed by atoms with Gasteiger partial charge in [-0.1, -0.05) is 31.4 Å². The molecule has 3 aromatic rings. The molecular weight excluding hydrogens is 610 g/mol. The SMILES string of the molecule is C=CC(=C)c1ccn(S(N)(=O)=O)c1C.NS(=O)(=O)n1ccc(-c2ccc(C(=O)NCCC(=O)O)cc2)c1C(=O)O.O=CO. The van der Waals surface area contributed by atoms with Crippen LogP contribution in [0.15, 0.2) is 68.0 Å². The summed E-state index contributed by atoms with van der Waals surface area (Å²) >= 11 is 0. The van der Waals surface area contributed by atoms with Gasteiger partial charge in [-0.25, -0.2) is 23.0 Å². The summed E-state index contributed by atoms with van der Waals surface area (Å²) in [5.74, 6) is -3.01. The van der Waals surface area contributed by atoms with Crippen LogP contribution in [0.5, 0.6) is 0 Å². The number of carboxylic acid groups (broad SMARTS) is 3. The van der Waals surface area contributed by atoms with Crippen LogP contribution in [0.1, 0.15) is 38.5 Å². The second-order valence-corrected chi connectivity index (χ2v) is 11.0. The van der Waals surface area contributed by atoms with Gasteiger partial charge < -0.3 is 20.6 Å². The number of nitrogens with zero attached hydrogens (tertiary/aromatic N) is 2. The molecule has 2 heterocycles. The molecule has 3 rings (SSSR count). The highest BCUT2D eigenvalue weighted by atomic mass is 32.2. The second kappa shape index (κ2) is 15.3. The molecule has 0 unspecified atom stereocenters. The lowest BCUT2D eigenvalue weighted by Gasteiger charge is -2.07. The van der Waals surface area contributed by atoms with Crippen LogP contribution in [0.2, 0.25) is 0 Å². The molecule has 0 aliphatic heterocycles. The molecule has 0 aliphatic rings. The summed E-state index contributed by atoms with van der Waals surface area (Å²) in [5, 5.41) is 37.1. The zero-order chi connectivity index (χ0) is 33.1. The van der Waals surface area contributed by atoms with Crippen LogP contribution in [-0.4, -0.2) is 71.0 Å². The molecule has 232 valence electrons. The van der Waals surface area contributed by atoms with Crippen molar-refractivity contribution in [3.8, 4) is 11.1 Å². The largest absolute Gasteiger partial charge is 0.483 e. The number of carbonyl (C=O) groups is 4. The van der Waals surface area contributed by atoms with Crippen molar-refractivity contribution in [2.45, 2.75) is 13.3 Å². The Bertz CT molecular complexity index is 1740. The fraction of sp³-hybridized carbons (Fsp3) is 0.120. The van der Waals surface area contributed by atoms with Crippen molar-refractivity contribution in [3.05, 3.63) is 90.5 Å². The first-order valence-electron chi connectivity index (χ1n) is 11.6. The van der Waals surface area contributed by atoms with Crippen molar-refractivity contribution in [2.75, 3.05) is 6.54 Å². The highest BCUT2D eigenvalue weighted by Gasteiger charge is 2.23. The number of hydrogen-bond acceptors (Lipinski definition) is 8. The molecule has 0 aliphatic carbocycles. The van der Waals surface area contributed by atoms with Gasteiger partial charge in [0.15, 0.2) is 5.69 Å². The molecule has 0 bridgehead atoms. The van der Waals surface area contributed by atoms with Crippen LogP contribution >= 0.6 is 0 Å². The number of aromatic carboxylic acids is 1. The summed E-state index contributed by atoms with van der Waals surface area (Å²) in [6.45, 7) is 8.67. The summed E-state index contributed by atoms with van der Waals surface area (Å²) in [6, 6.07) is 8.64. The Labute approximate surface area is 246 Å². The normalized spacial score (nSPS) is 10.7. The molecule has 16 nitrogen and oxygen atoms in total. The van der Waals surface area contributed by atoms with Crippen LogP contribution in [0.4, 0.5) is 0 Å². The van der Waals surface area contributed by atoms with E-state index in [2.05, 4.69) is 18.5 Å². The standard InChI is InChI=1S/C15H15N3O7S.C9H12N2O2S.CH2O2/c16-26(24,25)18-8-6-11(13(18)15(22)23)9-1-3-10(4-2-9)14(21)17-7-5-12(19)20;1-4-7(2)9-5-6-11(8(9)3)14(10,12)13;2-1-3/h1-4,6,8H,5,7H2,(H,17,21)(H,19,20)(H,22,23)(H2,16,24,25);4-6H,1-2H2,3H3,(H2,10,12,13);1H,(H,2,3). The molecule has 0 saturated carbocycles. The molecular formula is C25H29N5O11S2. The summed E-state index contributed by atoms with van der Waals surface area (Å²) in [6.07, 6.45) is 3.78. The lowest BCUT2D eigenvalue weighted by molar-refractivity contribution is -0.136. The lowest BCUT2D eigenvalue weighted by atomic mass is 10.0. The topological polar surface area (TPSA) is 271 Å². The molecule has 18 heteroatoms. The van der Waals surface area contributed by atoms with Gasteiger partial charge in [-0.05, 0) is 42.3 Å². The van der Waals surface area contributed by atoms with Crippen molar-refractivity contribution in [2.24, 2.45) is 10.3 Å². The van der Waals surface area contributed by atoms with Gasteiger partial charge in [-0.15, -0.1) is 0 Å². The van der Waals surface area contributed by atoms with Crippen molar-refractivity contribution in [1.29, 1.82) is 0 Å². The number of carboxylic acids is 2. The van der Waals surface area contributed by atoms with Gasteiger partial charge in [-0.2, -0.15) is 16.8 Å². The minimum atomic E-state index is -4.28. The first kappa shape index (κ1) is 36.0. The maximum absolute atomic E-state index is 11.9. The maximum atomic E-state index is 11.9. The molecule has 0 saturated heterocycles. The van der Waals surface area contributed by atoms with E-state index in [0.717, 1.165) is 15.7 Å². The number of hydrogen-bond donors (Lipinski definition) is 6. The highest BCUT2D eigenvalue weighted by molar-refractivity contribution is 7.87. The molecule has 1 aromatic carbocycles.